The molecule has 33 heavy (non-hydrogen) atoms. The number of amides is 1. The zero-order chi connectivity index (χ0) is 22.9. The van der Waals surface area contributed by atoms with Crippen LogP contribution in [0.3, 0.4) is 0 Å². The van der Waals surface area contributed by atoms with Crippen LogP contribution >= 0.6 is 0 Å². The van der Waals surface area contributed by atoms with Crippen LogP contribution in [0.1, 0.15) is 79.0 Å². The van der Waals surface area contributed by atoms with Gasteiger partial charge in [0.25, 0.3) is 0 Å². The number of hydrogen-bond donors (Lipinski definition) is 1. The monoisotopic (exact) mass is 450 g/mol. The fourth-order valence-corrected chi connectivity index (χ4v) is 6.03. The predicted octanol–water partition coefficient (Wildman–Crippen LogP) is 4.71. The summed E-state index contributed by atoms with van der Waals surface area (Å²) < 4.78 is 7.70. The number of nitrogens with zero attached hydrogens (tertiary/aromatic N) is 3. The molecule has 1 saturated carbocycles. The molecule has 1 amide bonds. The molecule has 176 valence electrons. The van der Waals surface area contributed by atoms with Crippen molar-refractivity contribution >= 4 is 17.6 Å². The van der Waals surface area contributed by atoms with Crippen molar-refractivity contribution in [1.29, 1.82) is 0 Å². The van der Waals surface area contributed by atoms with Crippen LogP contribution in [0.4, 0.5) is 10.5 Å². The zero-order valence-electron chi connectivity index (χ0n) is 19.6. The number of hydrogen-bond acceptors (Lipinski definition) is 5. The van der Waals surface area contributed by atoms with Crippen LogP contribution in [-0.2, 0) is 11.8 Å². The number of Topliss-reactive ketones (excluding diaryl/α,β-unsaturated/α-hetero) is 1. The first-order valence-corrected chi connectivity index (χ1v) is 12.3. The smallest absolute Gasteiger partial charge is 0.411 e. The van der Waals surface area contributed by atoms with E-state index in [4.69, 9.17) is 9.84 Å². The lowest BCUT2D eigenvalue weighted by atomic mass is 9.74. The standard InChI is InChI=1S/C26H34N4O3/c1-17(31)18-7-9-21(10-8-18)27-26(32)33-16-22-13-20-11-12-30(22)15-23(20)25-14-24(28-29(25)2)19-5-3-4-6-19/h7-10,14,19-20,22-23H,3-6,11-13,15-16H2,1-2H3,(H,27,32)/t20-,22-,23+/m1/s1. The van der Waals surface area contributed by atoms with Crippen molar-refractivity contribution in [2.75, 3.05) is 25.0 Å². The zero-order valence-corrected chi connectivity index (χ0v) is 19.6. The average Bonchev–Trinajstić information content (AvgIpc) is 3.48. The van der Waals surface area contributed by atoms with E-state index in [2.05, 4.69) is 28.0 Å². The van der Waals surface area contributed by atoms with Gasteiger partial charge in [0.1, 0.15) is 6.61 Å². The van der Waals surface area contributed by atoms with E-state index in [9.17, 15) is 9.59 Å². The summed E-state index contributed by atoms with van der Waals surface area (Å²) in [6, 6.07) is 9.51. The molecular weight excluding hydrogens is 416 g/mol. The maximum absolute atomic E-state index is 12.3. The maximum atomic E-state index is 12.3. The van der Waals surface area contributed by atoms with Gasteiger partial charge in [-0.2, -0.15) is 5.10 Å². The Morgan fingerprint density at radius 3 is 2.58 bits per heavy atom. The molecule has 1 unspecified atom stereocenters. The SMILES string of the molecule is CC(=O)c1ccc(NC(=O)OC[C@H]2C[C@H]3CCN2C[C@@H]3c2cc(C3CCCC3)nn2C)cc1. The highest BCUT2D eigenvalue weighted by Crippen LogP contribution is 2.43. The van der Waals surface area contributed by atoms with Crippen molar-refractivity contribution in [3.05, 3.63) is 47.3 Å². The van der Waals surface area contributed by atoms with Crippen LogP contribution < -0.4 is 5.32 Å². The molecule has 1 aromatic carbocycles. The topological polar surface area (TPSA) is 76.5 Å². The van der Waals surface area contributed by atoms with Gasteiger partial charge in [0.15, 0.2) is 5.78 Å². The number of anilines is 1. The van der Waals surface area contributed by atoms with Crippen molar-refractivity contribution < 1.29 is 14.3 Å². The van der Waals surface area contributed by atoms with Crippen molar-refractivity contribution in [3.63, 3.8) is 0 Å². The Bertz CT molecular complexity index is 1010. The molecule has 3 saturated heterocycles. The van der Waals surface area contributed by atoms with Gasteiger partial charge in [-0.3, -0.25) is 19.7 Å². The molecule has 2 aromatic rings. The van der Waals surface area contributed by atoms with Gasteiger partial charge in [-0.25, -0.2) is 4.79 Å². The van der Waals surface area contributed by atoms with Crippen molar-refractivity contribution in [2.45, 2.75) is 63.3 Å². The summed E-state index contributed by atoms with van der Waals surface area (Å²) in [4.78, 5) is 26.2. The Morgan fingerprint density at radius 1 is 1.15 bits per heavy atom. The van der Waals surface area contributed by atoms with E-state index in [-0.39, 0.29) is 11.8 Å². The molecule has 0 spiro atoms. The summed E-state index contributed by atoms with van der Waals surface area (Å²) in [5, 5.41) is 7.65. The minimum Gasteiger partial charge on any atom is -0.448 e. The molecule has 1 aromatic heterocycles. The lowest BCUT2D eigenvalue weighted by Crippen LogP contribution is -2.54. The first-order valence-electron chi connectivity index (χ1n) is 12.3. The van der Waals surface area contributed by atoms with Crippen LogP contribution in [0.2, 0.25) is 0 Å². The van der Waals surface area contributed by atoms with Gasteiger partial charge in [-0.1, -0.05) is 12.8 Å². The van der Waals surface area contributed by atoms with E-state index in [1.54, 1.807) is 24.3 Å². The first kappa shape index (κ1) is 22.1. The number of carbonyl (C=O) groups excluding carboxylic acids is 2. The Kier molecular flexibility index (Phi) is 6.23. The third-order valence-electron chi connectivity index (χ3n) is 7.91. The van der Waals surface area contributed by atoms with Gasteiger partial charge in [0.05, 0.1) is 5.69 Å². The molecule has 2 bridgehead atoms. The Morgan fingerprint density at radius 2 is 1.91 bits per heavy atom. The number of aryl methyl sites for hydroxylation is 1. The number of rotatable bonds is 6. The van der Waals surface area contributed by atoms with Crippen LogP contribution in [-0.4, -0.2) is 52.3 Å². The minimum atomic E-state index is -0.447. The maximum Gasteiger partial charge on any atom is 0.411 e. The van der Waals surface area contributed by atoms with Gasteiger partial charge in [-0.05, 0) is 75.4 Å². The molecule has 7 heteroatoms. The van der Waals surface area contributed by atoms with Crippen LogP contribution in [0.25, 0.3) is 0 Å². The molecule has 0 radical (unpaired) electrons. The Hall–Kier alpha value is -2.67. The minimum absolute atomic E-state index is 0.00437. The van der Waals surface area contributed by atoms with Gasteiger partial charge < -0.3 is 4.74 Å². The summed E-state index contributed by atoms with van der Waals surface area (Å²) in [5.41, 5.74) is 3.91. The van der Waals surface area contributed by atoms with E-state index < -0.39 is 6.09 Å². The van der Waals surface area contributed by atoms with Crippen LogP contribution in [0.5, 0.6) is 0 Å². The Balaban J connectivity index is 1.15. The second-order valence-corrected chi connectivity index (χ2v) is 10.00. The van der Waals surface area contributed by atoms with E-state index in [0.717, 1.165) is 19.5 Å². The quantitative estimate of drug-likeness (QED) is 0.645. The number of ether oxygens (including phenoxy) is 1. The number of nitrogens with one attached hydrogen (secondary N) is 1. The lowest BCUT2D eigenvalue weighted by molar-refractivity contribution is -0.00222. The summed E-state index contributed by atoms with van der Waals surface area (Å²) in [6.45, 7) is 4.00. The largest absolute Gasteiger partial charge is 0.448 e. The number of ketones is 1. The van der Waals surface area contributed by atoms with Gasteiger partial charge >= 0.3 is 6.09 Å². The lowest BCUT2D eigenvalue weighted by Gasteiger charge is -2.49. The number of aromatic nitrogens is 2. The molecule has 4 fully saturated rings. The van der Waals surface area contributed by atoms with E-state index in [1.165, 1.54) is 50.4 Å². The number of carbonyl (C=O) groups is 2. The van der Waals surface area contributed by atoms with E-state index in [0.29, 0.717) is 35.6 Å². The molecule has 4 aliphatic rings. The van der Waals surface area contributed by atoms with Crippen LogP contribution in [0.15, 0.2) is 30.3 Å². The summed E-state index contributed by atoms with van der Waals surface area (Å²) in [5.74, 6) is 1.77. The summed E-state index contributed by atoms with van der Waals surface area (Å²) >= 11 is 0. The van der Waals surface area contributed by atoms with Crippen LogP contribution in [0, 0.1) is 5.92 Å². The van der Waals surface area contributed by atoms with Crippen molar-refractivity contribution in [3.8, 4) is 0 Å². The number of benzene rings is 1. The first-order chi connectivity index (χ1) is 16.0. The van der Waals surface area contributed by atoms with Crippen molar-refractivity contribution in [2.24, 2.45) is 13.0 Å². The highest BCUT2D eigenvalue weighted by Gasteiger charge is 2.42. The molecule has 1 N–H and O–H groups in total. The number of fused-ring (bicyclic) bond motifs is 3. The van der Waals surface area contributed by atoms with Crippen molar-refractivity contribution in [1.82, 2.24) is 14.7 Å². The third-order valence-corrected chi connectivity index (χ3v) is 7.91. The third kappa shape index (κ3) is 4.69. The van der Waals surface area contributed by atoms with E-state index >= 15 is 0 Å². The number of piperidine rings is 3. The molecule has 3 aliphatic heterocycles. The molecule has 4 atom stereocenters. The Labute approximate surface area is 195 Å². The fraction of sp³-hybridized carbons (Fsp3) is 0.577. The van der Waals surface area contributed by atoms with Gasteiger partial charge in [0, 0.05) is 48.4 Å². The second-order valence-electron chi connectivity index (χ2n) is 10.00. The summed E-state index contributed by atoms with van der Waals surface area (Å²) in [6.07, 6.45) is 7.01. The molecule has 6 rings (SSSR count). The second kappa shape index (κ2) is 9.29. The van der Waals surface area contributed by atoms with E-state index in [1.807, 2.05) is 0 Å². The van der Waals surface area contributed by atoms with Gasteiger partial charge in [0.2, 0.25) is 0 Å². The normalized spacial score (nSPS) is 27.0. The molecule has 7 nitrogen and oxygen atoms in total. The fourth-order valence-electron chi connectivity index (χ4n) is 6.03. The molecule has 4 heterocycles. The van der Waals surface area contributed by atoms with Gasteiger partial charge in [-0.15, -0.1) is 0 Å². The summed E-state index contributed by atoms with van der Waals surface area (Å²) in [7, 11) is 2.10. The average molecular weight is 451 g/mol. The molecule has 1 aliphatic carbocycles. The molecular formula is C26H34N4O3. The highest BCUT2D eigenvalue weighted by molar-refractivity contribution is 5.94. The highest BCUT2D eigenvalue weighted by atomic mass is 16.5. The predicted molar refractivity (Wildman–Crippen MR) is 127 cm³/mol.